The van der Waals surface area contributed by atoms with Gasteiger partial charge in [0.05, 0.1) is 5.69 Å². The summed E-state index contributed by atoms with van der Waals surface area (Å²) in [6, 6.07) is 5.28. The largest absolute Gasteiger partial charge is 0.352 e. The van der Waals surface area contributed by atoms with Gasteiger partial charge in [-0.05, 0) is 44.0 Å². The van der Waals surface area contributed by atoms with Crippen LogP contribution in [0.1, 0.15) is 30.7 Å². The molecule has 0 saturated carbocycles. The summed E-state index contributed by atoms with van der Waals surface area (Å²) in [4.78, 5) is 16.0. The molecule has 1 unspecified atom stereocenters. The highest BCUT2D eigenvalue weighted by molar-refractivity contribution is 5.85. The third-order valence-electron chi connectivity index (χ3n) is 4.18. The number of hydrogen-bond donors (Lipinski definition) is 2. The number of carbonyl (C=O) groups excluding carboxylic acids is 1. The SMILES string of the molecule is Cc1nccn1-c1ccc(CNC(=O)CC2CCCN2)cc1F.Cl.Cl. The van der Waals surface area contributed by atoms with Gasteiger partial charge in [-0.25, -0.2) is 9.37 Å². The molecule has 0 radical (unpaired) electrons. The van der Waals surface area contributed by atoms with E-state index in [9.17, 15) is 9.18 Å². The molecule has 1 aromatic heterocycles. The summed E-state index contributed by atoms with van der Waals surface area (Å²) in [5, 5.41) is 6.15. The van der Waals surface area contributed by atoms with Crippen LogP contribution in [0, 0.1) is 12.7 Å². The maximum Gasteiger partial charge on any atom is 0.221 e. The predicted octanol–water partition coefficient (Wildman–Crippen LogP) is 2.92. The molecule has 138 valence electrons. The lowest BCUT2D eigenvalue weighted by Crippen LogP contribution is -2.31. The number of rotatable bonds is 5. The van der Waals surface area contributed by atoms with Crippen molar-refractivity contribution in [3.8, 4) is 5.69 Å². The van der Waals surface area contributed by atoms with Gasteiger partial charge in [0, 0.05) is 31.4 Å². The van der Waals surface area contributed by atoms with Crippen LogP contribution in [0.5, 0.6) is 0 Å². The molecule has 1 aliphatic rings. The minimum atomic E-state index is -0.324. The van der Waals surface area contributed by atoms with Gasteiger partial charge in [0.15, 0.2) is 0 Å². The van der Waals surface area contributed by atoms with Gasteiger partial charge in [0.25, 0.3) is 0 Å². The second kappa shape index (κ2) is 9.75. The minimum Gasteiger partial charge on any atom is -0.352 e. The Morgan fingerprint density at radius 3 is 2.84 bits per heavy atom. The van der Waals surface area contributed by atoms with Crippen molar-refractivity contribution in [2.45, 2.75) is 38.8 Å². The molecule has 8 heteroatoms. The Bertz CT molecular complexity index is 702. The molecular formula is C17H23Cl2FN4O. The molecule has 1 atom stereocenters. The van der Waals surface area contributed by atoms with Crippen LogP contribution in [0.15, 0.2) is 30.6 Å². The first-order valence-electron chi connectivity index (χ1n) is 7.92. The maximum absolute atomic E-state index is 14.3. The van der Waals surface area contributed by atoms with Gasteiger partial charge in [0.1, 0.15) is 11.6 Å². The van der Waals surface area contributed by atoms with Crippen LogP contribution >= 0.6 is 24.8 Å². The number of imidazole rings is 1. The van der Waals surface area contributed by atoms with E-state index in [1.165, 1.54) is 6.07 Å². The van der Waals surface area contributed by atoms with Gasteiger partial charge in [0.2, 0.25) is 5.91 Å². The fourth-order valence-electron chi connectivity index (χ4n) is 2.92. The molecule has 2 aromatic rings. The fourth-order valence-corrected chi connectivity index (χ4v) is 2.92. The second-order valence-electron chi connectivity index (χ2n) is 5.90. The smallest absolute Gasteiger partial charge is 0.221 e. The zero-order valence-corrected chi connectivity index (χ0v) is 15.6. The van der Waals surface area contributed by atoms with E-state index < -0.39 is 0 Å². The topological polar surface area (TPSA) is 59.0 Å². The van der Waals surface area contributed by atoms with E-state index >= 15 is 0 Å². The normalized spacial score (nSPS) is 16.0. The van der Waals surface area contributed by atoms with Crippen molar-refractivity contribution in [2.75, 3.05) is 6.54 Å². The Labute approximate surface area is 159 Å². The van der Waals surface area contributed by atoms with Gasteiger partial charge >= 0.3 is 0 Å². The van der Waals surface area contributed by atoms with Crippen molar-refractivity contribution in [3.05, 3.63) is 47.8 Å². The second-order valence-corrected chi connectivity index (χ2v) is 5.90. The fraction of sp³-hybridized carbons (Fsp3) is 0.412. The van der Waals surface area contributed by atoms with Crippen LogP contribution in [0.4, 0.5) is 4.39 Å². The zero-order chi connectivity index (χ0) is 16.2. The molecule has 0 aliphatic carbocycles. The van der Waals surface area contributed by atoms with E-state index in [1.807, 2.05) is 13.0 Å². The van der Waals surface area contributed by atoms with Crippen molar-refractivity contribution in [1.82, 2.24) is 20.2 Å². The molecule has 1 aromatic carbocycles. The molecule has 1 saturated heterocycles. The Morgan fingerprint density at radius 1 is 1.44 bits per heavy atom. The highest BCUT2D eigenvalue weighted by Gasteiger charge is 2.17. The van der Waals surface area contributed by atoms with E-state index in [1.54, 1.807) is 23.0 Å². The van der Waals surface area contributed by atoms with Crippen molar-refractivity contribution in [1.29, 1.82) is 0 Å². The summed E-state index contributed by atoms with van der Waals surface area (Å²) in [6.45, 7) is 3.15. The highest BCUT2D eigenvalue weighted by Crippen LogP contribution is 2.17. The molecule has 5 nitrogen and oxygen atoms in total. The van der Waals surface area contributed by atoms with Crippen molar-refractivity contribution in [3.63, 3.8) is 0 Å². The molecule has 2 heterocycles. The lowest BCUT2D eigenvalue weighted by atomic mass is 10.1. The average Bonchev–Trinajstić information content (AvgIpc) is 3.17. The summed E-state index contributed by atoms with van der Waals surface area (Å²) in [7, 11) is 0. The van der Waals surface area contributed by atoms with Crippen LogP contribution in [0.25, 0.3) is 5.69 Å². The number of benzene rings is 1. The van der Waals surface area contributed by atoms with Crippen molar-refractivity contribution >= 4 is 30.7 Å². The summed E-state index contributed by atoms with van der Waals surface area (Å²) < 4.78 is 16.0. The number of nitrogens with zero attached hydrogens (tertiary/aromatic N) is 2. The van der Waals surface area contributed by atoms with E-state index in [0.717, 1.165) is 30.8 Å². The number of hydrogen-bond acceptors (Lipinski definition) is 3. The van der Waals surface area contributed by atoms with Gasteiger partial charge < -0.3 is 15.2 Å². The van der Waals surface area contributed by atoms with Crippen LogP contribution in [0.3, 0.4) is 0 Å². The lowest BCUT2D eigenvalue weighted by Gasteiger charge is -2.12. The molecule has 0 spiro atoms. The number of amides is 1. The number of nitrogens with one attached hydrogen (secondary N) is 2. The Morgan fingerprint density at radius 2 is 2.24 bits per heavy atom. The van der Waals surface area contributed by atoms with Crippen molar-refractivity contribution in [2.24, 2.45) is 0 Å². The minimum absolute atomic E-state index is 0. The van der Waals surface area contributed by atoms with Gasteiger partial charge in [-0.3, -0.25) is 4.79 Å². The number of aryl methyl sites for hydroxylation is 1. The van der Waals surface area contributed by atoms with E-state index in [4.69, 9.17) is 0 Å². The molecular weight excluding hydrogens is 366 g/mol. The summed E-state index contributed by atoms with van der Waals surface area (Å²) in [5.41, 5.74) is 1.21. The Kier molecular flexibility index (Phi) is 8.35. The van der Waals surface area contributed by atoms with Crippen LogP contribution in [-0.2, 0) is 11.3 Å². The molecule has 1 amide bonds. The van der Waals surface area contributed by atoms with Crippen LogP contribution < -0.4 is 10.6 Å². The standard InChI is InChI=1S/C17H21FN4O.2ClH/c1-12-19-7-8-22(12)16-5-4-13(9-15(16)18)11-21-17(23)10-14-3-2-6-20-14;;/h4-5,7-9,14,20H,2-3,6,10-11H2,1H3,(H,21,23);2*1H. The molecule has 1 fully saturated rings. The summed E-state index contributed by atoms with van der Waals surface area (Å²) >= 11 is 0. The molecule has 25 heavy (non-hydrogen) atoms. The lowest BCUT2D eigenvalue weighted by molar-refractivity contribution is -0.121. The zero-order valence-electron chi connectivity index (χ0n) is 14.0. The van der Waals surface area contributed by atoms with E-state index in [-0.39, 0.29) is 42.6 Å². The molecule has 0 bridgehead atoms. The molecule has 3 rings (SSSR count). The Balaban J connectivity index is 0.00000156. The third-order valence-corrected chi connectivity index (χ3v) is 4.18. The third kappa shape index (κ3) is 5.42. The van der Waals surface area contributed by atoms with Crippen LogP contribution in [0.2, 0.25) is 0 Å². The first-order valence-corrected chi connectivity index (χ1v) is 7.92. The quantitative estimate of drug-likeness (QED) is 0.827. The predicted molar refractivity (Wildman–Crippen MR) is 100 cm³/mol. The van der Waals surface area contributed by atoms with Gasteiger partial charge in [-0.2, -0.15) is 0 Å². The Hall–Kier alpha value is -1.63. The first kappa shape index (κ1) is 21.4. The first-order chi connectivity index (χ1) is 11.1. The van der Waals surface area contributed by atoms with E-state index in [0.29, 0.717) is 18.7 Å². The summed E-state index contributed by atoms with van der Waals surface area (Å²) in [6.07, 6.45) is 6.01. The highest BCUT2D eigenvalue weighted by atomic mass is 35.5. The van der Waals surface area contributed by atoms with Crippen molar-refractivity contribution < 1.29 is 9.18 Å². The monoisotopic (exact) mass is 388 g/mol. The summed E-state index contributed by atoms with van der Waals surface area (Å²) in [5.74, 6) is 0.406. The number of aromatic nitrogens is 2. The van der Waals surface area contributed by atoms with Crippen LogP contribution in [-0.4, -0.2) is 28.0 Å². The molecule has 1 aliphatic heterocycles. The average molecular weight is 389 g/mol. The van der Waals surface area contributed by atoms with Gasteiger partial charge in [-0.1, -0.05) is 6.07 Å². The van der Waals surface area contributed by atoms with Gasteiger partial charge in [-0.15, -0.1) is 24.8 Å². The maximum atomic E-state index is 14.3. The number of halogens is 3. The van der Waals surface area contributed by atoms with E-state index in [2.05, 4.69) is 15.6 Å². The number of carbonyl (C=O) groups is 1. The molecule has 2 N–H and O–H groups in total.